The average molecular weight is 537 g/mol. The number of amides is 1. The Bertz CT molecular complexity index is 853. The summed E-state index contributed by atoms with van der Waals surface area (Å²) in [6, 6.07) is 0.778. The molecule has 2 aliphatic heterocycles. The number of carbonyl (C=O) groups is 1. The first-order chi connectivity index (χ1) is 13.0. The van der Waals surface area contributed by atoms with Crippen LogP contribution in [0.1, 0.15) is 25.7 Å². The highest BCUT2D eigenvalue weighted by Gasteiger charge is 2.45. The minimum absolute atomic E-state index is 0.0774. The van der Waals surface area contributed by atoms with Gasteiger partial charge in [-0.05, 0) is 47.7 Å². The summed E-state index contributed by atoms with van der Waals surface area (Å²) in [7, 11) is -3.85. The lowest BCUT2D eigenvalue weighted by Gasteiger charge is -2.38. The second-order valence-electron chi connectivity index (χ2n) is 6.79. The number of nitrogens with two attached hydrogens (primary N) is 1. The van der Waals surface area contributed by atoms with Gasteiger partial charge in [-0.25, -0.2) is 22.9 Å². The number of fused-ring (bicyclic) bond motifs is 2. The van der Waals surface area contributed by atoms with Crippen molar-refractivity contribution >= 4 is 72.7 Å². The van der Waals surface area contributed by atoms with Gasteiger partial charge in [-0.15, -0.1) is 0 Å². The van der Waals surface area contributed by atoms with Gasteiger partial charge in [0.2, 0.25) is 13.8 Å². The van der Waals surface area contributed by atoms with Gasteiger partial charge in [0.05, 0.1) is 0 Å². The Balaban J connectivity index is 1.67. The fraction of sp³-hybridized carbons (Fsp3) is 0.600. The zero-order valence-corrected chi connectivity index (χ0v) is 19.1. The molecular weight excluding hydrogens is 519 g/mol. The summed E-state index contributed by atoms with van der Waals surface area (Å²) in [5.74, 6) is -0.0774. The highest BCUT2D eigenvalue weighted by Crippen LogP contribution is 2.37. The van der Waals surface area contributed by atoms with Crippen LogP contribution < -0.4 is 10.5 Å². The van der Waals surface area contributed by atoms with Gasteiger partial charge in [0.1, 0.15) is 17.3 Å². The molecular formula is C15H18BrCl3N4O4S. The number of nitrogens with one attached hydrogen (secondary N) is 1. The lowest BCUT2D eigenvalue weighted by molar-refractivity contribution is 0.0660. The van der Waals surface area contributed by atoms with Gasteiger partial charge < -0.3 is 15.4 Å². The summed E-state index contributed by atoms with van der Waals surface area (Å²) in [6.07, 6.45) is 3.30. The molecule has 2 bridgehead atoms. The van der Waals surface area contributed by atoms with Crippen LogP contribution in [-0.4, -0.2) is 52.9 Å². The lowest BCUT2D eigenvalue weighted by atomic mass is 9.99. The Morgan fingerprint density at radius 2 is 1.96 bits per heavy atom. The number of anilines is 1. The second kappa shape index (κ2) is 8.31. The maximum absolute atomic E-state index is 12.7. The van der Waals surface area contributed by atoms with Gasteiger partial charge in [0, 0.05) is 28.8 Å². The molecule has 0 radical (unpaired) electrons. The third-order valence-corrected chi connectivity index (χ3v) is 7.07. The Hall–Kier alpha value is -0.520. The molecule has 1 aromatic rings. The maximum Gasteiger partial charge on any atom is 0.410 e. The first kappa shape index (κ1) is 22.2. The summed E-state index contributed by atoms with van der Waals surface area (Å²) in [5.41, 5.74) is 5.72. The van der Waals surface area contributed by atoms with Crippen LogP contribution in [0.3, 0.4) is 0 Å². The van der Waals surface area contributed by atoms with Crippen molar-refractivity contribution in [3.05, 3.63) is 16.7 Å². The van der Waals surface area contributed by atoms with E-state index in [0.717, 1.165) is 12.8 Å². The van der Waals surface area contributed by atoms with E-state index in [0.29, 0.717) is 17.3 Å². The van der Waals surface area contributed by atoms with Crippen molar-refractivity contribution in [2.75, 3.05) is 12.3 Å². The van der Waals surface area contributed by atoms with E-state index in [1.165, 1.54) is 12.3 Å². The number of pyridine rings is 1. The third-order valence-electron chi connectivity index (χ3n) is 4.76. The number of hydrogen-bond acceptors (Lipinski definition) is 6. The molecule has 2 unspecified atom stereocenters. The van der Waals surface area contributed by atoms with Gasteiger partial charge in [-0.1, -0.05) is 34.8 Å². The number of aromatic nitrogens is 1. The fourth-order valence-corrected chi connectivity index (χ4v) is 5.73. The average Bonchev–Trinajstić information content (AvgIpc) is 2.85. The van der Waals surface area contributed by atoms with E-state index in [1.54, 1.807) is 4.90 Å². The number of sulfonamides is 1. The molecule has 0 aliphatic carbocycles. The Morgan fingerprint density at radius 1 is 1.36 bits per heavy atom. The largest absolute Gasteiger partial charge is 0.445 e. The van der Waals surface area contributed by atoms with Gasteiger partial charge in [0.15, 0.2) is 0 Å². The van der Waals surface area contributed by atoms with Crippen molar-refractivity contribution in [2.45, 2.75) is 52.5 Å². The molecule has 28 heavy (non-hydrogen) atoms. The van der Waals surface area contributed by atoms with E-state index in [1.807, 2.05) is 0 Å². The van der Waals surface area contributed by atoms with E-state index in [-0.39, 0.29) is 35.4 Å². The monoisotopic (exact) mass is 534 g/mol. The quantitative estimate of drug-likeness (QED) is 0.571. The summed E-state index contributed by atoms with van der Waals surface area (Å²) < 4.78 is 32.1. The zero-order chi connectivity index (χ0) is 20.7. The van der Waals surface area contributed by atoms with Crippen LogP contribution in [0, 0.1) is 0 Å². The Kier molecular flexibility index (Phi) is 6.58. The van der Waals surface area contributed by atoms with Crippen molar-refractivity contribution in [3.63, 3.8) is 0 Å². The number of carbonyl (C=O) groups excluding carboxylic acids is 1. The van der Waals surface area contributed by atoms with Crippen molar-refractivity contribution in [3.8, 4) is 0 Å². The standard InChI is InChI=1S/C15H18BrCl3N4O4S/c16-8-3-12(13(20)21-6-8)28(25,26)22-9-4-10-1-2-11(5-9)23(10)14(24)27-7-15(17,18)19/h3,6,9-11,22H,1-2,4-5,7H2,(H2,20,21). The maximum atomic E-state index is 12.7. The normalized spacial score (nSPS) is 25.0. The van der Waals surface area contributed by atoms with E-state index in [2.05, 4.69) is 25.6 Å². The number of ether oxygens (including phenoxy) is 1. The van der Waals surface area contributed by atoms with Crippen molar-refractivity contribution in [1.82, 2.24) is 14.6 Å². The molecule has 1 amide bonds. The van der Waals surface area contributed by atoms with E-state index in [9.17, 15) is 13.2 Å². The SMILES string of the molecule is Nc1ncc(Br)cc1S(=O)(=O)NC1CC2CCC(C1)N2C(=O)OCC(Cl)(Cl)Cl. The topological polar surface area (TPSA) is 115 Å². The lowest BCUT2D eigenvalue weighted by Crippen LogP contribution is -2.52. The number of nitrogens with zero attached hydrogens (tertiary/aromatic N) is 2. The van der Waals surface area contributed by atoms with Crippen LogP contribution in [0.5, 0.6) is 0 Å². The summed E-state index contributed by atoms with van der Waals surface area (Å²) in [6.45, 7) is -0.350. The Morgan fingerprint density at radius 3 is 2.54 bits per heavy atom. The van der Waals surface area contributed by atoms with E-state index >= 15 is 0 Å². The Labute approximate surface area is 186 Å². The molecule has 8 nitrogen and oxygen atoms in total. The number of rotatable bonds is 4. The predicted molar refractivity (Wildman–Crippen MR) is 110 cm³/mol. The first-order valence-electron chi connectivity index (χ1n) is 8.41. The molecule has 2 saturated heterocycles. The molecule has 3 N–H and O–H groups in total. The summed E-state index contributed by atoms with van der Waals surface area (Å²) in [4.78, 5) is 17.8. The highest BCUT2D eigenvalue weighted by molar-refractivity contribution is 9.10. The second-order valence-corrected chi connectivity index (χ2v) is 11.9. The minimum atomic E-state index is -3.85. The number of piperidine rings is 1. The van der Waals surface area contributed by atoms with Crippen LogP contribution in [-0.2, 0) is 14.8 Å². The molecule has 2 fully saturated rings. The molecule has 0 spiro atoms. The van der Waals surface area contributed by atoms with Gasteiger partial charge in [0.25, 0.3) is 0 Å². The van der Waals surface area contributed by atoms with Crippen molar-refractivity contribution < 1.29 is 17.9 Å². The third kappa shape index (κ3) is 5.14. The molecule has 13 heteroatoms. The van der Waals surface area contributed by atoms with Gasteiger partial charge in [-0.3, -0.25) is 0 Å². The number of nitrogen functional groups attached to an aromatic ring is 1. The van der Waals surface area contributed by atoms with Crippen LogP contribution in [0.25, 0.3) is 0 Å². The molecule has 3 heterocycles. The fourth-order valence-electron chi connectivity index (χ4n) is 3.72. The smallest absolute Gasteiger partial charge is 0.410 e. The van der Waals surface area contributed by atoms with Gasteiger partial charge in [-0.2, -0.15) is 0 Å². The number of alkyl halides is 3. The van der Waals surface area contributed by atoms with Crippen LogP contribution in [0.15, 0.2) is 21.6 Å². The molecule has 3 rings (SSSR count). The molecule has 2 atom stereocenters. The van der Waals surface area contributed by atoms with Gasteiger partial charge >= 0.3 is 6.09 Å². The first-order valence-corrected chi connectivity index (χ1v) is 11.8. The van der Waals surface area contributed by atoms with Crippen LogP contribution in [0.2, 0.25) is 0 Å². The molecule has 1 aromatic heterocycles. The predicted octanol–water partition coefficient (Wildman–Crippen LogP) is 3.21. The summed E-state index contributed by atoms with van der Waals surface area (Å²) >= 11 is 20.1. The highest BCUT2D eigenvalue weighted by atomic mass is 79.9. The van der Waals surface area contributed by atoms with Crippen LogP contribution in [0.4, 0.5) is 10.6 Å². The minimum Gasteiger partial charge on any atom is -0.445 e. The summed E-state index contributed by atoms with van der Waals surface area (Å²) in [5, 5.41) is 0. The molecule has 0 aromatic carbocycles. The molecule has 0 saturated carbocycles. The zero-order valence-electron chi connectivity index (χ0n) is 14.4. The van der Waals surface area contributed by atoms with Crippen molar-refractivity contribution in [2.24, 2.45) is 0 Å². The molecule has 2 aliphatic rings. The number of hydrogen-bond donors (Lipinski definition) is 2. The number of halogens is 4. The molecule has 156 valence electrons. The van der Waals surface area contributed by atoms with E-state index < -0.39 is 19.9 Å². The van der Waals surface area contributed by atoms with Crippen LogP contribution >= 0.6 is 50.7 Å². The van der Waals surface area contributed by atoms with E-state index in [4.69, 9.17) is 45.3 Å². The van der Waals surface area contributed by atoms with Crippen molar-refractivity contribution in [1.29, 1.82) is 0 Å².